The lowest BCUT2D eigenvalue weighted by atomic mass is 9.95. The molecule has 0 saturated carbocycles. The van der Waals surface area contributed by atoms with Crippen LogP contribution in [0.15, 0.2) is 46.0 Å². The Morgan fingerprint density at radius 3 is 2.69 bits per heavy atom. The first-order valence-corrected chi connectivity index (χ1v) is 13.3. The highest BCUT2D eigenvalue weighted by atomic mass is 32.2. The summed E-state index contributed by atoms with van der Waals surface area (Å²) >= 11 is 1.74. The summed E-state index contributed by atoms with van der Waals surface area (Å²) in [4.78, 5) is 2.45. The highest BCUT2D eigenvalue weighted by Crippen LogP contribution is 2.34. The Labute approximate surface area is 210 Å². The van der Waals surface area contributed by atoms with Crippen molar-refractivity contribution in [1.82, 2.24) is 19.7 Å². The van der Waals surface area contributed by atoms with Crippen molar-refractivity contribution in [2.75, 3.05) is 39.7 Å². The van der Waals surface area contributed by atoms with Crippen LogP contribution in [0.1, 0.15) is 48.9 Å². The fraction of sp³-hybridized carbons (Fsp3) is 0.538. The number of hydrogen-bond donors (Lipinski definition) is 0. The summed E-state index contributed by atoms with van der Waals surface area (Å²) in [5.74, 6) is 4.98. The van der Waals surface area contributed by atoms with Crippen LogP contribution in [0.25, 0.3) is 5.69 Å². The van der Waals surface area contributed by atoms with Crippen LogP contribution < -0.4 is 4.74 Å². The molecule has 0 radical (unpaired) electrons. The lowest BCUT2D eigenvalue weighted by Crippen LogP contribution is -2.33. The van der Waals surface area contributed by atoms with Crippen molar-refractivity contribution < 1.29 is 18.6 Å². The summed E-state index contributed by atoms with van der Waals surface area (Å²) in [7, 11) is 3.38. The number of ether oxygens (including phenoxy) is 3. The number of likely N-dealkylation sites (tertiary alicyclic amines) is 1. The number of methoxy groups -OCH3 is 2. The minimum absolute atomic E-state index is 0.299. The first-order valence-electron chi connectivity index (χ1n) is 12.4. The SMILES string of the molecule is COCc1ccc(CN2CCC(c3nnc(SC[C@H]4CCCO4)n3-c3cccc(OC)c3)CC2)o1. The van der Waals surface area contributed by atoms with Gasteiger partial charge in [-0.1, -0.05) is 17.8 Å². The molecule has 0 spiro atoms. The van der Waals surface area contributed by atoms with Crippen molar-refractivity contribution in [2.45, 2.75) is 56.0 Å². The maximum Gasteiger partial charge on any atom is 0.195 e. The van der Waals surface area contributed by atoms with Crippen molar-refractivity contribution in [3.05, 3.63) is 53.7 Å². The fourth-order valence-corrected chi connectivity index (χ4v) is 5.90. The average molecular weight is 499 g/mol. The van der Waals surface area contributed by atoms with Gasteiger partial charge in [0.2, 0.25) is 0 Å². The lowest BCUT2D eigenvalue weighted by molar-refractivity contribution is 0.129. The van der Waals surface area contributed by atoms with E-state index >= 15 is 0 Å². The van der Waals surface area contributed by atoms with Gasteiger partial charge in [-0.15, -0.1) is 10.2 Å². The maximum absolute atomic E-state index is 5.89. The molecule has 0 bridgehead atoms. The molecule has 188 valence electrons. The highest BCUT2D eigenvalue weighted by Gasteiger charge is 2.28. The number of furan rings is 1. The van der Waals surface area contributed by atoms with E-state index in [-0.39, 0.29) is 0 Å². The summed E-state index contributed by atoms with van der Waals surface area (Å²) < 4.78 is 24.6. The van der Waals surface area contributed by atoms with Crippen LogP contribution in [0.2, 0.25) is 0 Å². The summed E-state index contributed by atoms with van der Waals surface area (Å²) in [5.41, 5.74) is 1.04. The quantitative estimate of drug-likeness (QED) is 0.374. The molecule has 2 aliphatic heterocycles. The molecular formula is C26H34N4O4S. The molecule has 0 aliphatic carbocycles. The monoisotopic (exact) mass is 498 g/mol. The van der Waals surface area contributed by atoms with Gasteiger partial charge >= 0.3 is 0 Å². The molecule has 2 aliphatic rings. The van der Waals surface area contributed by atoms with E-state index in [0.717, 1.165) is 91.6 Å². The fourth-order valence-electron chi connectivity index (χ4n) is 4.87. The van der Waals surface area contributed by atoms with E-state index in [2.05, 4.69) is 32.8 Å². The Bertz CT molecular complexity index is 1090. The summed E-state index contributed by atoms with van der Waals surface area (Å²) in [6, 6.07) is 12.2. The largest absolute Gasteiger partial charge is 0.497 e. The number of thioether (sulfide) groups is 1. The third-order valence-electron chi connectivity index (χ3n) is 6.73. The number of benzene rings is 1. The van der Waals surface area contributed by atoms with Gasteiger partial charge in [0, 0.05) is 31.5 Å². The topological polar surface area (TPSA) is 74.8 Å². The third-order valence-corrected chi connectivity index (χ3v) is 7.79. The second kappa shape index (κ2) is 11.6. The van der Waals surface area contributed by atoms with Crippen molar-refractivity contribution >= 4 is 11.8 Å². The zero-order valence-electron chi connectivity index (χ0n) is 20.5. The predicted octanol–water partition coefficient (Wildman–Crippen LogP) is 4.67. The normalized spacial score (nSPS) is 19.4. The van der Waals surface area contributed by atoms with Crippen LogP contribution in [0.5, 0.6) is 5.75 Å². The van der Waals surface area contributed by atoms with Crippen LogP contribution in [0.3, 0.4) is 0 Å². The Balaban J connectivity index is 1.30. The van der Waals surface area contributed by atoms with E-state index in [1.807, 2.05) is 18.2 Å². The molecular weight excluding hydrogens is 464 g/mol. The van der Waals surface area contributed by atoms with Crippen LogP contribution in [-0.4, -0.2) is 65.4 Å². The number of piperidine rings is 1. The van der Waals surface area contributed by atoms with Gasteiger partial charge in [-0.25, -0.2) is 0 Å². The summed E-state index contributed by atoms with van der Waals surface area (Å²) in [5, 5.41) is 10.3. The van der Waals surface area contributed by atoms with Crippen molar-refractivity contribution in [2.24, 2.45) is 0 Å². The second-order valence-corrected chi connectivity index (χ2v) is 10.2. The molecule has 8 nitrogen and oxygen atoms in total. The summed E-state index contributed by atoms with van der Waals surface area (Å²) in [6.45, 7) is 4.18. The molecule has 2 aromatic heterocycles. The van der Waals surface area contributed by atoms with Gasteiger partial charge in [-0.3, -0.25) is 9.47 Å². The lowest BCUT2D eigenvalue weighted by Gasteiger charge is -2.31. The predicted molar refractivity (Wildman–Crippen MR) is 134 cm³/mol. The number of aromatic nitrogens is 3. The number of rotatable bonds is 10. The minimum atomic E-state index is 0.299. The standard InChI is InChI=1S/C26H34N4O4S/c1-31-17-23-9-8-22(34-23)16-29-12-10-19(11-13-29)25-27-28-26(35-18-24-7-4-14-33-24)30(25)20-5-3-6-21(15-20)32-2/h3,5-6,8-9,15,19,24H,4,7,10-14,16-18H2,1-2H3/t24-/m1/s1. The van der Waals surface area contributed by atoms with E-state index < -0.39 is 0 Å². The first kappa shape index (κ1) is 24.4. The zero-order valence-corrected chi connectivity index (χ0v) is 21.3. The Kier molecular flexibility index (Phi) is 8.08. The Morgan fingerprint density at radius 2 is 1.91 bits per heavy atom. The average Bonchev–Trinajstić information content (AvgIpc) is 3.65. The molecule has 9 heteroatoms. The zero-order chi connectivity index (χ0) is 24.0. The van der Waals surface area contributed by atoms with Crippen LogP contribution in [0, 0.1) is 0 Å². The van der Waals surface area contributed by atoms with E-state index in [1.165, 1.54) is 0 Å². The van der Waals surface area contributed by atoms with Gasteiger partial charge in [0.1, 0.15) is 29.7 Å². The van der Waals surface area contributed by atoms with E-state index in [4.69, 9.17) is 23.7 Å². The van der Waals surface area contributed by atoms with Gasteiger partial charge in [0.15, 0.2) is 5.16 Å². The van der Waals surface area contributed by atoms with Gasteiger partial charge in [0.25, 0.3) is 0 Å². The molecule has 0 unspecified atom stereocenters. The molecule has 5 rings (SSSR count). The summed E-state index contributed by atoms with van der Waals surface area (Å²) in [6.07, 6.45) is 4.62. The van der Waals surface area contributed by atoms with Crippen molar-refractivity contribution in [3.63, 3.8) is 0 Å². The Morgan fingerprint density at radius 1 is 1.06 bits per heavy atom. The van der Waals surface area contributed by atoms with Gasteiger partial charge in [0.05, 0.1) is 25.4 Å². The molecule has 2 saturated heterocycles. The maximum atomic E-state index is 5.89. The smallest absolute Gasteiger partial charge is 0.195 e. The van der Waals surface area contributed by atoms with Crippen LogP contribution in [-0.2, 0) is 22.6 Å². The van der Waals surface area contributed by atoms with E-state index in [0.29, 0.717) is 18.6 Å². The second-order valence-electron chi connectivity index (χ2n) is 9.18. The Hall–Kier alpha value is -2.33. The van der Waals surface area contributed by atoms with Crippen molar-refractivity contribution in [1.29, 1.82) is 0 Å². The highest BCUT2D eigenvalue weighted by molar-refractivity contribution is 7.99. The molecule has 0 N–H and O–H groups in total. The van der Waals surface area contributed by atoms with Gasteiger partial charge < -0.3 is 18.6 Å². The van der Waals surface area contributed by atoms with Crippen LogP contribution >= 0.6 is 11.8 Å². The molecule has 35 heavy (non-hydrogen) atoms. The molecule has 0 amide bonds. The molecule has 3 aromatic rings. The molecule has 4 heterocycles. The van der Waals surface area contributed by atoms with Crippen molar-refractivity contribution in [3.8, 4) is 11.4 Å². The van der Waals surface area contributed by atoms with Crippen LogP contribution in [0.4, 0.5) is 0 Å². The van der Waals surface area contributed by atoms with E-state index in [1.54, 1.807) is 26.0 Å². The molecule has 1 atom stereocenters. The molecule has 1 aromatic carbocycles. The third kappa shape index (κ3) is 5.91. The van der Waals surface area contributed by atoms with Gasteiger partial charge in [-0.05, 0) is 63.0 Å². The van der Waals surface area contributed by atoms with E-state index in [9.17, 15) is 0 Å². The number of hydrogen-bond acceptors (Lipinski definition) is 8. The molecule has 2 fully saturated rings. The van der Waals surface area contributed by atoms with Gasteiger partial charge in [-0.2, -0.15) is 0 Å². The minimum Gasteiger partial charge on any atom is -0.497 e. The first-order chi connectivity index (χ1) is 17.2. The number of nitrogens with zero attached hydrogens (tertiary/aromatic N) is 4.